The third kappa shape index (κ3) is 6.35. The molecule has 66 heavy (non-hydrogen) atoms. The van der Waals surface area contributed by atoms with Crippen molar-refractivity contribution in [2.75, 3.05) is 0 Å². The zero-order chi connectivity index (χ0) is 44.9. The largest absolute Gasteiger partial charge is 0.292 e. The van der Waals surface area contributed by atoms with E-state index in [9.17, 15) is 0 Å². The fourth-order valence-electron chi connectivity index (χ4n) is 10.2. The van der Waals surface area contributed by atoms with Crippen LogP contribution in [0.3, 0.4) is 0 Å². The first-order valence-corrected chi connectivity index (χ1v) is 23.1. The number of benzene rings is 10. The lowest BCUT2D eigenvalue weighted by atomic mass is 9.86. The number of hydrogen-bond acceptors (Lipinski definition) is 2. The monoisotopic (exact) mass is 850 g/mol. The molecule has 0 aliphatic carbocycles. The van der Waals surface area contributed by atoms with Crippen molar-refractivity contribution in [1.29, 1.82) is 0 Å². The van der Waals surface area contributed by atoms with Gasteiger partial charge in [0.15, 0.2) is 0 Å². The summed E-state index contributed by atoms with van der Waals surface area (Å²) in [7, 11) is 0. The summed E-state index contributed by atoms with van der Waals surface area (Å²) in [5.74, 6) is 1.84. The summed E-state index contributed by atoms with van der Waals surface area (Å²) in [5, 5.41) is 9.56. The minimum Gasteiger partial charge on any atom is -0.292 e. The van der Waals surface area contributed by atoms with Crippen molar-refractivity contribution in [1.82, 2.24) is 19.1 Å². The molecule has 0 unspecified atom stereocenters. The van der Waals surface area contributed by atoms with Gasteiger partial charge in [0.25, 0.3) is 0 Å². The van der Waals surface area contributed by atoms with Gasteiger partial charge >= 0.3 is 0 Å². The van der Waals surface area contributed by atoms with Crippen LogP contribution in [0.15, 0.2) is 194 Å². The lowest BCUT2D eigenvalue weighted by molar-refractivity contribution is 0.590. The fourth-order valence-corrected chi connectivity index (χ4v) is 10.2. The van der Waals surface area contributed by atoms with Gasteiger partial charge in [-0.3, -0.25) is 9.13 Å². The first kappa shape index (κ1) is 39.7. The molecule has 0 saturated heterocycles. The molecule has 10 aromatic carbocycles. The average molecular weight is 851 g/mol. The van der Waals surface area contributed by atoms with Gasteiger partial charge in [-0.1, -0.05) is 211 Å². The number of rotatable bonds is 5. The lowest BCUT2D eigenvalue weighted by Gasteiger charge is -2.20. The maximum Gasteiger partial charge on any atom is 0.145 e. The van der Waals surface area contributed by atoms with E-state index in [1.807, 2.05) is 0 Å². The molecule has 2 aromatic heterocycles. The third-order valence-electron chi connectivity index (χ3n) is 13.6. The summed E-state index contributed by atoms with van der Waals surface area (Å²) in [6.45, 7) is 13.6. The second-order valence-corrected chi connectivity index (χ2v) is 19.9. The Morgan fingerprint density at radius 3 is 1.12 bits per heavy atom. The first-order valence-electron chi connectivity index (χ1n) is 23.1. The van der Waals surface area contributed by atoms with Crippen molar-refractivity contribution >= 4 is 65.2 Å². The van der Waals surface area contributed by atoms with E-state index >= 15 is 0 Å². The minimum absolute atomic E-state index is 0.0425. The van der Waals surface area contributed by atoms with Gasteiger partial charge < -0.3 is 0 Å². The van der Waals surface area contributed by atoms with Crippen molar-refractivity contribution in [3.8, 4) is 45.3 Å². The topological polar surface area (TPSA) is 35.6 Å². The van der Waals surface area contributed by atoms with E-state index in [0.29, 0.717) is 0 Å². The van der Waals surface area contributed by atoms with Crippen LogP contribution in [0.1, 0.15) is 52.7 Å². The molecule has 0 amide bonds. The summed E-state index contributed by atoms with van der Waals surface area (Å²) < 4.78 is 4.76. The zero-order valence-electron chi connectivity index (χ0n) is 38.3. The Kier molecular flexibility index (Phi) is 8.95. The van der Waals surface area contributed by atoms with E-state index in [4.69, 9.17) is 9.97 Å². The molecule has 12 aromatic rings. The normalized spacial score (nSPS) is 12.4. The Morgan fingerprint density at radius 1 is 0.303 bits per heavy atom. The number of hydrogen-bond donors (Lipinski definition) is 0. The summed E-state index contributed by atoms with van der Waals surface area (Å²) in [5.41, 5.74) is 13.5. The van der Waals surface area contributed by atoms with E-state index in [1.165, 1.54) is 43.4 Å². The van der Waals surface area contributed by atoms with Gasteiger partial charge in [0.1, 0.15) is 11.6 Å². The molecule has 0 atom stereocenters. The quantitative estimate of drug-likeness (QED) is 0.162. The van der Waals surface area contributed by atoms with E-state index in [0.717, 1.165) is 78.1 Å². The van der Waals surface area contributed by atoms with Gasteiger partial charge in [0, 0.05) is 44.0 Å². The standard InChI is InChI=1S/C62H50N4/c1-61(2,3)43-32-30-41(31-33-43)60-64-56-52-23-12-8-19-48(52)50-21-10-14-25-54(50)58(56)66(60)46-17-15-16-42(38-46)39-26-28-40(29-27-39)59-63-55-51-22-11-7-18-47(51)49-20-9-13-24-53(49)57(55)65(59)45-36-34-44(35-37-45)62(4,5)6/h7-38H,1-6H3. The fraction of sp³-hybridized carbons (Fsp3) is 0.129. The van der Waals surface area contributed by atoms with E-state index in [1.54, 1.807) is 0 Å². The van der Waals surface area contributed by atoms with Crippen LogP contribution >= 0.6 is 0 Å². The Hall–Kier alpha value is -7.82. The van der Waals surface area contributed by atoms with Crippen LogP contribution in [0.2, 0.25) is 0 Å². The molecular formula is C62H50N4. The molecule has 0 aliphatic heterocycles. The first-order chi connectivity index (χ1) is 32.0. The molecule has 0 bridgehead atoms. The van der Waals surface area contributed by atoms with Gasteiger partial charge in [0.2, 0.25) is 0 Å². The summed E-state index contributed by atoms with van der Waals surface area (Å²) in [6, 6.07) is 70.9. The van der Waals surface area contributed by atoms with Crippen LogP contribution in [-0.2, 0) is 10.8 Å². The smallest absolute Gasteiger partial charge is 0.145 e. The zero-order valence-corrected chi connectivity index (χ0v) is 38.3. The maximum absolute atomic E-state index is 5.54. The maximum atomic E-state index is 5.54. The Balaban J connectivity index is 1.03. The van der Waals surface area contributed by atoms with Crippen LogP contribution in [0.4, 0.5) is 0 Å². The van der Waals surface area contributed by atoms with Gasteiger partial charge in [0.05, 0.1) is 22.1 Å². The highest BCUT2D eigenvalue weighted by atomic mass is 15.1. The Morgan fingerprint density at radius 2 is 0.667 bits per heavy atom. The number of imidazole rings is 2. The molecule has 2 heterocycles. The van der Waals surface area contributed by atoms with Gasteiger partial charge in [-0.2, -0.15) is 0 Å². The Bertz CT molecular complexity index is 3850. The summed E-state index contributed by atoms with van der Waals surface area (Å²) in [4.78, 5) is 11.1. The second-order valence-electron chi connectivity index (χ2n) is 19.9. The van der Waals surface area contributed by atoms with Gasteiger partial charge in [-0.25, -0.2) is 9.97 Å². The van der Waals surface area contributed by atoms with Crippen LogP contribution < -0.4 is 0 Å². The summed E-state index contributed by atoms with van der Waals surface area (Å²) in [6.07, 6.45) is 0. The molecule has 0 N–H and O–H groups in total. The van der Waals surface area contributed by atoms with Crippen LogP contribution in [0.25, 0.3) is 110 Å². The van der Waals surface area contributed by atoms with Crippen molar-refractivity contribution < 1.29 is 0 Å². The SMILES string of the molecule is CC(C)(C)c1ccc(-c2nc3c4ccccc4c4ccccc4c3n2-c2cccc(-c3ccc(-c4nc5c6ccccc6c6ccccc6c5n4-c4ccc(C(C)(C)C)cc4)cc3)c2)cc1. The molecule has 0 radical (unpaired) electrons. The summed E-state index contributed by atoms with van der Waals surface area (Å²) >= 11 is 0. The molecular weight excluding hydrogens is 801 g/mol. The van der Waals surface area contributed by atoms with Crippen LogP contribution in [0.5, 0.6) is 0 Å². The van der Waals surface area contributed by atoms with Crippen molar-refractivity contribution in [3.63, 3.8) is 0 Å². The minimum atomic E-state index is 0.0425. The molecule has 4 nitrogen and oxygen atoms in total. The molecule has 0 aliphatic rings. The average Bonchev–Trinajstić information content (AvgIpc) is 3.95. The predicted molar refractivity (Wildman–Crippen MR) is 279 cm³/mol. The van der Waals surface area contributed by atoms with E-state index in [2.05, 4.69) is 245 Å². The Labute approximate surface area is 385 Å². The lowest BCUT2D eigenvalue weighted by Crippen LogP contribution is -2.11. The molecule has 0 saturated carbocycles. The molecule has 318 valence electrons. The molecule has 12 rings (SSSR count). The highest BCUT2D eigenvalue weighted by molar-refractivity contribution is 6.25. The number of nitrogens with zero attached hydrogens (tertiary/aromatic N) is 4. The van der Waals surface area contributed by atoms with E-state index in [-0.39, 0.29) is 10.8 Å². The van der Waals surface area contributed by atoms with Gasteiger partial charge in [-0.05, 0) is 78.9 Å². The predicted octanol–water partition coefficient (Wildman–Crippen LogP) is 16.6. The number of aromatic nitrogens is 4. The highest BCUT2D eigenvalue weighted by Crippen LogP contribution is 2.42. The third-order valence-corrected chi connectivity index (χ3v) is 13.6. The van der Waals surface area contributed by atoms with Crippen molar-refractivity contribution in [2.45, 2.75) is 52.4 Å². The van der Waals surface area contributed by atoms with Crippen molar-refractivity contribution in [3.05, 3.63) is 205 Å². The second kappa shape index (κ2) is 14.9. The van der Waals surface area contributed by atoms with Crippen molar-refractivity contribution in [2.24, 2.45) is 0 Å². The van der Waals surface area contributed by atoms with Gasteiger partial charge in [-0.15, -0.1) is 0 Å². The van der Waals surface area contributed by atoms with E-state index < -0.39 is 0 Å². The molecule has 4 heteroatoms. The van der Waals surface area contributed by atoms with Crippen LogP contribution in [0, 0.1) is 0 Å². The molecule has 0 spiro atoms. The molecule has 0 fully saturated rings. The highest BCUT2D eigenvalue weighted by Gasteiger charge is 2.24. The number of fused-ring (bicyclic) bond motifs is 12. The van der Waals surface area contributed by atoms with Crippen LogP contribution in [-0.4, -0.2) is 19.1 Å².